The SMILES string of the molecule is O=C(NCC1CCCCC1)c1cc(C(F)(F)F)cc2ccn(Cc3cc4ccccc4o3)c12.O=C(O)O. The van der Waals surface area contributed by atoms with Crippen molar-refractivity contribution in [3.8, 4) is 0 Å². The summed E-state index contributed by atoms with van der Waals surface area (Å²) in [7, 11) is 0. The number of benzene rings is 2. The second kappa shape index (κ2) is 11.0. The molecule has 0 spiro atoms. The molecule has 5 rings (SSSR count). The Morgan fingerprint density at radius 2 is 1.70 bits per heavy atom. The Morgan fingerprint density at radius 3 is 2.38 bits per heavy atom. The van der Waals surface area contributed by atoms with Gasteiger partial charge in [-0.15, -0.1) is 0 Å². The Kier molecular flexibility index (Phi) is 7.75. The summed E-state index contributed by atoms with van der Waals surface area (Å²) in [5.74, 6) is 0.578. The number of nitrogens with one attached hydrogen (secondary N) is 1. The number of aromatic nitrogens is 1. The molecule has 0 aliphatic heterocycles. The van der Waals surface area contributed by atoms with Gasteiger partial charge in [0.1, 0.15) is 11.3 Å². The number of carbonyl (C=O) groups excluding carboxylic acids is 1. The highest BCUT2D eigenvalue weighted by Crippen LogP contribution is 2.34. The van der Waals surface area contributed by atoms with E-state index in [2.05, 4.69) is 5.32 Å². The highest BCUT2D eigenvalue weighted by molar-refractivity contribution is 6.06. The van der Waals surface area contributed by atoms with E-state index in [1.807, 2.05) is 30.3 Å². The molecule has 1 aliphatic carbocycles. The van der Waals surface area contributed by atoms with Crippen molar-refractivity contribution < 1.29 is 37.4 Å². The number of nitrogens with zero attached hydrogens (tertiary/aromatic N) is 1. The third-order valence-electron chi connectivity index (χ3n) is 6.51. The maximum atomic E-state index is 13.6. The van der Waals surface area contributed by atoms with Gasteiger partial charge in [-0.25, -0.2) is 4.79 Å². The van der Waals surface area contributed by atoms with Crippen LogP contribution in [0.1, 0.15) is 53.8 Å². The zero-order chi connectivity index (χ0) is 26.6. The molecule has 4 aromatic rings. The lowest BCUT2D eigenvalue weighted by Gasteiger charge is -2.22. The minimum absolute atomic E-state index is 0.0387. The molecular weight excluding hydrogens is 489 g/mol. The average molecular weight is 517 g/mol. The van der Waals surface area contributed by atoms with Gasteiger partial charge in [0.2, 0.25) is 0 Å². The molecule has 3 N–H and O–H groups in total. The van der Waals surface area contributed by atoms with Crippen molar-refractivity contribution in [1.29, 1.82) is 0 Å². The molecule has 0 unspecified atom stereocenters. The van der Waals surface area contributed by atoms with Crippen LogP contribution in [0.3, 0.4) is 0 Å². The van der Waals surface area contributed by atoms with Crippen molar-refractivity contribution in [2.45, 2.75) is 44.8 Å². The molecule has 1 fully saturated rings. The summed E-state index contributed by atoms with van der Waals surface area (Å²) >= 11 is 0. The van der Waals surface area contributed by atoms with Crippen LogP contribution in [0.4, 0.5) is 18.0 Å². The van der Waals surface area contributed by atoms with Gasteiger partial charge in [0.25, 0.3) is 5.91 Å². The summed E-state index contributed by atoms with van der Waals surface area (Å²) in [4.78, 5) is 21.7. The van der Waals surface area contributed by atoms with Crippen molar-refractivity contribution in [2.24, 2.45) is 5.92 Å². The van der Waals surface area contributed by atoms with Gasteiger partial charge in [-0.05, 0) is 49.1 Å². The summed E-state index contributed by atoms with van der Waals surface area (Å²) in [6.45, 7) is 0.799. The summed E-state index contributed by atoms with van der Waals surface area (Å²) in [6.07, 6.45) is 0.891. The first-order valence-corrected chi connectivity index (χ1v) is 12.0. The molecule has 0 radical (unpaired) electrons. The fourth-order valence-electron chi connectivity index (χ4n) is 4.82. The van der Waals surface area contributed by atoms with Crippen molar-refractivity contribution in [2.75, 3.05) is 6.54 Å². The van der Waals surface area contributed by atoms with Crippen LogP contribution in [0.25, 0.3) is 21.9 Å². The van der Waals surface area contributed by atoms with Crippen LogP contribution >= 0.6 is 0 Å². The normalized spacial score (nSPS) is 14.4. The number of hydrogen-bond acceptors (Lipinski definition) is 3. The molecule has 1 saturated carbocycles. The van der Waals surface area contributed by atoms with Gasteiger partial charge < -0.3 is 24.5 Å². The molecule has 196 valence electrons. The van der Waals surface area contributed by atoms with Crippen LogP contribution in [-0.4, -0.2) is 33.4 Å². The van der Waals surface area contributed by atoms with Crippen LogP contribution in [0.5, 0.6) is 0 Å². The highest BCUT2D eigenvalue weighted by atomic mass is 19.4. The van der Waals surface area contributed by atoms with Crippen molar-refractivity contribution in [3.63, 3.8) is 0 Å². The Bertz CT molecular complexity index is 1360. The van der Waals surface area contributed by atoms with Gasteiger partial charge in [-0.3, -0.25) is 4.79 Å². The number of para-hydroxylation sites is 1. The molecular formula is C27H27F3N2O5. The Hall–Kier alpha value is -3.95. The Morgan fingerprint density at radius 1 is 1.00 bits per heavy atom. The Balaban J connectivity index is 0.000000747. The fraction of sp³-hybridized carbons (Fsp3) is 0.333. The first-order valence-electron chi connectivity index (χ1n) is 12.0. The van der Waals surface area contributed by atoms with E-state index in [-0.39, 0.29) is 5.56 Å². The zero-order valence-corrected chi connectivity index (χ0v) is 19.9. The van der Waals surface area contributed by atoms with Crippen molar-refractivity contribution in [3.05, 3.63) is 71.6 Å². The predicted molar refractivity (Wildman–Crippen MR) is 132 cm³/mol. The number of hydrogen-bond donors (Lipinski definition) is 3. The average Bonchev–Trinajstić information content (AvgIpc) is 3.45. The number of halogens is 3. The lowest BCUT2D eigenvalue weighted by Crippen LogP contribution is -2.30. The third kappa shape index (κ3) is 6.44. The topological polar surface area (TPSA) is 105 Å². The van der Waals surface area contributed by atoms with Gasteiger partial charge >= 0.3 is 12.3 Å². The van der Waals surface area contributed by atoms with Crippen LogP contribution in [0.2, 0.25) is 0 Å². The number of rotatable bonds is 5. The predicted octanol–water partition coefficient (Wildman–Crippen LogP) is 6.99. The van der Waals surface area contributed by atoms with Crippen molar-refractivity contribution >= 4 is 33.9 Å². The first-order chi connectivity index (χ1) is 17.6. The van der Waals surface area contributed by atoms with E-state index in [0.29, 0.717) is 35.7 Å². The number of amides is 1. The van der Waals surface area contributed by atoms with Crippen LogP contribution in [-0.2, 0) is 12.7 Å². The lowest BCUT2D eigenvalue weighted by atomic mass is 9.89. The maximum Gasteiger partial charge on any atom is 0.503 e. The molecule has 0 saturated heterocycles. The Labute approximate surface area is 210 Å². The summed E-state index contributed by atoms with van der Waals surface area (Å²) in [5.41, 5.74) is 0.439. The molecule has 10 heteroatoms. The summed E-state index contributed by atoms with van der Waals surface area (Å²) in [5, 5.41) is 18.2. The minimum Gasteiger partial charge on any atom is -0.459 e. The van der Waals surface area contributed by atoms with Crippen LogP contribution < -0.4 is 5.32 Å². The molecule has 0 atom stereocenters. The van der Waals surface area contributed by atoms with E-state index < -0.39 is 23.8 Å². The molecule has 1 amide bonds. The van der Waals surface area contributed by atoms with Crippen LogP contribution in [0.15, 0.2) is 59.1 Å². The molecule has 2 heterocycles. The molecule has 0 bridgehead atoms. The molecule has 2 aromatic carbocycles. The first kappa shape index (κ1) is 26.1. The van der Waals surface area contributed by atoms with Gasteiger partial charge in [0.15, 0.2) is 0 Å². The summed E-state index contributed by atoms with van der Waals surface area (Å²) in [6, 6.07) is 13.2. The fourth-order valence-corrected chi connectivity index (χ4v) is 4.82. The van der Waals surface area contributed by atoms with Crippen LogP contribution in [0, 0.1) is 5.92 Å². The standard InChI is InChI=1S/C26H25F3N2O2.CH2O3/c27-26(28,29)20-12-19-10-11-31(16-21-13-18-8-4-5-9-23(18)33-21)24(19)22(14-20)25(32)30-15-17-6-2-1-3-7-17;2-1(3)4/h4-5,8-14,17H,1-3,6-7,15-16H2,(H,30,32);(H2,2,3,4). The maximum absolute atomic E-state index is 13.6. The largest absolute Gasteiger partial charge is 0.503 e. The van der Waals surface area contributed by atoms with Gasteiger partial charge in [0, 0.05) is 23.5 Å². The monoisotopic (exact) mass is 516 g/mol. The van der Waals surface area contributed by atoms with E-state index in [4.69, 9.17) is 19.4 Å². The van der Waals surface area contributed by atoms with E-state index in [9.17, 15) is 18.0 Å². The summed E-state index contributed by atoms with van der Waals surface area (Å²) < 4.78 is 48.3. The molecule has 37 heavy (non-hydrogen) atoms. The van der Waals surface area contributed by atoms with E-state index in [0.717, 1.165) is 48.8 Å². The highest BCUT2D eigenvalue weighted by Gasteiger charge is 2.33. The quantitative estimate of drug-likeness (QED) is 0.265. The third-order valence-corrected chi connectivity index (χ3v) is 6.51. The van der Waals surface area contributed by atoms with E-state index >= 15 is 0 Å². The number of carboxylic acid groups (broad SMARTS) is 2. The second-order valence-electron chi connectivity index (χ2n) is 9.15. The minimum atomic E-state index is -4.53. The smallest absolute Gasteiger partial charge is 0.459 e. The van der Waals surface area contributed by atoms with Gasteiger partial charge in [-0.1, -0.05) is 37.5 Å². The molecule has 2 aromatic heterocycles. The zero-order valence-electron chi connectivity index (χ0n) is 19.9. The molecule has 7 nitrogen and oxygen atoms in total. The lowest BCUT2D eigenvalue weighted by molar-refractivity contribution is -0.137. The van der Waals surface area contributed by atoms with Crippen molar-refractivity contribution in [1.82, 2.24) is 9.88 Å². The van der Waals surface area contributed by atoms with Gasteiger partial charge in [-0.2, -0.15) is 13.2 Å². The van der Waals surface area contributed by atoms with E-state index in [1.54, 1.807) is 16.8 Å². The second-order valence-corrected chi connectivity index (χ2v) is 9.15. The number of fused-ring (bicyclic) bond motifs is 2. The number of carbonyl (C=O) groups is 2. The van der Waals surface area contributed by atoms with E-state index in [1.165, 1.54) is 6.42 Å². The number of furan rings is 1. The molecule has 1 aliphatic rings. The van der Waals surface area contributed by atoms with Gasteiger partial charge in [0.05, 0.1) is 23.2 Å². The number of alkyl halides is 3.